The van der Waals surface area contributed by atoms with Crippen molar-refractivity contribution in [2.75, 3.05) is 19.7 Å². The third-order valence-corrected chi connectivity index (χ3v) is 4.15. The van der Waals surface area contributed by atoms with Crippen molar-refractivity contribution in [1.29, 1.82) is 0 Å². The largest absolute Gasteiger partial charge is 0.375 e. The van der Waals surface area contributed by atoms with Crippen LogP contribution >= 0.6 is 0 Å². The molecule has 2 saturated heterocycles. The Kier molecular flexibility index (Phi) is 3.09. The molecule has 3 aliphatic rings. The highest BCUT2D eigenvalue weighted by Gasteiger charge is 2.46. The Morgan fingerprint density at radius 3 is 2.33 bits per heavy atom. The van der Waals surface area contributed by atoms with E-state index in [1.807, 2.05) is 0 Å². The Labute approximate surface area is 93.8 Å². The van der Waals surface area contributed by atoms with Crippen LogP contribution < -0.4 is 5.32 Å². The number of hydrogen-bond acceptors (Lipinski definition) is 2. The van der Waals surface area contributed by atoms with Gasteiger partial charge >= 0.3 is 0 Å². The normalized spacial score (nSPS) is 40.0. The van der Waals surface area contributed by atoms with Crippen LogP contribution in [0, 0.1) is 11.3 Å². The number of fused-ring (bicyclic) bond motifs is 3. The van der Waals surface area contributed by atoms with Crippen LogP contribution in [0.4, 0.5) is 0 Å². The molecule has 1 aliphatic carbocycles. The molecule has 3 rings (SSSR count). The molecule has 0 aromatic carbocycles. The van der Waals surface area contributed by atoms with Crippen LogP contribution in [0.3, 0.4) is 0 Å². The molecular weight excluding hydrogens is 186 g/mol. The van der Waals surface area contributed by atoms with E-state index in [2.05, 4.69) is 26.1 Å². The highest BCUT2D eigenvalue weighted by molar-refractivity contribution is 4.98. The molecule has 2 nitrogen and oxygen atoms in total. The smallest absolute Gasteiger partial charge is 0.0655 e. The predicted octanol–water partition coefficient (Wildman–Crippen LogP) is 2.58. The van der Waals surface area contributed by atoms with Gasteiger partial charge in [0.15, 0.2) is 0 Å². The third kappa shape index (κ3) is 2.54. The van der Waals surface area contributed by atoms with Gasteiger partial charge in [-0.2, -0.15) is 0 Å². The molecule has 0 unspecified atom stereocenters. The summed E-state index contributed by atoms with van der Waals surface area (Å²) in [4.78, 5) is 0. The Morgan fingerprint density at radius 2 is 1.87 bits per heavy atom. The molecule has 0 radical (unpaired) electrons. The lowest BCUT2D eigenvalue weighted by Gasteiger charge is -2.52. The summed E-state index contributed by atoms with van der Waals surface area (Å²) in [5, 5.41) is 3.60. The highest BCUT2D eigenvalue weighted by atomic mass is 16.5. The lowest BCUT2D eigenvalue weighted by atomic mass is 9.66. The van der Waals surface area contributed by atoms with Crippen molar-refractivity contribution in [2.45, 2.75) is 52.1 Å². The van der Waals surface area contributed by atoms with E-state index < -0.39 is 0 Å². The second-order valence-electron chi connectivity index (χ2n) is 6.26. The summed E-state index contributed by atoms with van der Waals surface area (Å²) >= 11 is 0. The number of ether oxygens (including phenoxy) is 1. The molecule has 2 heterocycles. The van der Waals surface area contributed by atoms with E-state index in [1.165, 1.54) is 25.7 Å². The summed E-state index contributed by atoms with van der Waals surface area (Å²) in [6, 6.07) is 0. The van der Waals surface area contributed by atoms with E-state index in [-0.39, 0.29) is 5.60 Å². The maximum absolute atomic E-state index is 5.99. The Bertz CT molecular complexity index is 200. The van der Waals surface area contributed by atoms with E-state index in [0.717, 1.165) is 25.6 Å². The third-order valence-electron chi connectivity index (χ3n) is 4.15. The predicted molar refractivity (Wildman–Crippen MR) is 63.0 cm³/mol. The van der Waals surface area contributed by atoms with Gasteiger partial charge in [0, 0.05) is 12.0 Å². The van der Waals surface area contributed by atoms with Crippen molar-refractivity contribution < 1.29 is 4.74 Å². The molecule has 0 aromatic rings. The van der Waals surface area contributed by atoms with E-state index in [4.69, 9.17) is 4.74 Å². The maximum Gasteiger partial charge on any atom is 0.0655 e. The lowest BCUT2D eigenvalue weighted by Crippen LogP contribution is -2.53. The van der Waals surface area contributed by atoms with Gasteiger partial charge in [-0.15, -0.1) is 0 Å². The van der Waals surface area contributed by atoms with Crippen LogP contribution in [-0.4, -0.2) is 25.3 Å². The molecular formula is C13H25NO. The molecule has 1 N–H and O–H groups in total. The van der Waals surface area contributed by atoms with Gasteiger partial charge in [-0.25, -0.2) is 0 Å². The number of nitrogens with one attached hydrogen (secondary N) is 1. The van der Waals surface area contributed by atoms with Gasteiger partial charge in [-0.3, -0.25) is 0 Å². The molecule has 0 aromatic heterocycles. The Morgan fingerprint density at radius 1 is 1.20 bits per heavy atom. The summed E-state index contributed by atoms with van der Waals surface area (Å²) in [7, 11) is 0. The zero-order chi connectivity index (χ0) is 10.9. The van der Waals surface area contributed by atoms with E-state index in [1.54, 1.807) is 0 Å². The summed E-state index contributed by atoms with van der Waals surface area (Å²) < 4.78 is 5.99. The van der Waals surface area contributed by atoms with Gasteiger partial charge in [0.25, 0.3) is 0 Å². The SMILES string of the molecule is CC(C)CNCC12CCC(C)(CC1)OC2. The zero-order valence-corrected chi connectivity index (χ0v) is 10.4. The van der Waals surface area contributed by atoms with Gasteiger partial charge in [-0.1, -0.05) is 13.8 Å². The quantitative estimate of drug-likeness (QED) is 0.771. The lowest BCUT2D eigenvalue weighted by molar-refractivity contribution is -0.172. The van der Waals surface area contributed by atoms with Crippen LogP contribution in [0.5, 0.6) is 0 Å². The minimum absolute atomic E-state index is 0.222. The van der Waals surface area contributed by atoms with Crippen LogP contribution in [0.15, 0.2) is 0 Å². The van der Waals surface area contributed by atoms with Gasteiger partial charge in [-0.05, 0) is 45.1 Å². The number of hydrogen-bond donors (Lipinski definition) is 1. The van der Waals surface area contributed by atoms with E-state index in [0.29, 0.717) is 5.41 Å². The molecule has 2 aliphatic heterocycles. The monoisotopic (exact) mass is 211 g/mol. The molecule has 15 heavy (non-hydrogen) atoms. The fourth-order valence-electron chi connectivity index (χ4n) is 2.78. The van der Waals surface area contributed by atoms with Crippen molar-refractivity contribution in [3.8, 4) is 0 Å². The first-order valence-electron chi connectivity index (χ1n) is 6.38. The summed E-state index contributed by atoms with van der Waals surface area (Å²) in [5.74, 6) is 0.750. The number of rotatable bonds is 4. The van der Waals surface area contributed by atoms with Gasteiger partial charge in [0.05, 0.1) is 12.2 Å². The van der Waals surface area contributed by atoms with Crippen molar-refractivity contribution >= 4 is 0 Å². The average Bonchev–Trinajstić information content (AvgIpc) is 2.20. The molecule has 3 fully saturated rings. The molecule has 2 bridgehead atoms. The summed E-state index contributed by atoms with van der Waals surface area (Å²) in [6.07, 6.45) is 5.23. The molecule has 0 amide bonds. The molecule has 88 valence electrons. The molecule has 0 spiro atoms. The zero-order valence-electron chi connectivity index (χ0n) is 10.4. The highest BCUT2D eigenvalue weighted by Crippen LogP contribution is 2.48. The topological polar surface area (TPSA) is 21.3 Å². The Hall–Kier alpha value is -0.0800. The maximum atomic E-state index is 5.99. The second-order valence-corrected chi connectivity index (χ2v) is 6.26. The minimum atomic E-state index is 0.222. The standard InChI is InChI=1S/C13H25NO/c1-11(2)8-14-9-13-6-4-12(3,5-7-13)15-10-13/h11,14H,4-10H2,1-3H3. The first kappa shape index (κ1) is 11.4. The second kappa shape index (κ2) is 4.06. The Balaban J connectivity index is 1.82. The summed E-state index contributed by atoms with van der Waals surface area (Å²) in [6.45, 7) is 10.1. The molecule has 1 saturated carbocycles. The van der Waals surface area contributed by atoms with Crippen molar-refractivity contribution in [1.82, 2.24) is 5.32 Å². The average molecular weight is 211 g/mol. The van der Waals surface area contributed by atoms with Crippen molar-refractivity contribution in [3.63, 3.8) is 0 Å². The fourth-order valence-corrected chi connectivity index (χ4v) is 2.78. The van der Waals surface area contributed by atoms with Gasteiger partial charge in [0.2, 0.25) is 0 Å². The first-order valence-corrected chi connectivity index (χ1v) is 6.38. The van der Waals surface area contributed by atoms with Crippen LogP contribution in [0.2, 0.25) is 0 Å². The van der Waals surface area contributed by atoms with Gasteiger partial charge in [0.1, 0.15) is 0 Å². The van der Waals surface area contributed by atoms with E-state index >= 15 is 0 Å². The minimum Gasteiger partial charge on any atom is -0.375 e. The molecule has 0 atom stereocenters. The van der Waals surface area contributed by atoms with Crippen LogP contribution in [-0.2, 0) is 4.74 Å². The molecule has 2 heteroatoms. The van der Waals surface area contributed by atoms with Crippen LogP contribution in [0.1, 0.15) is 46.5 Å². The van der Waals surface area contributed by atoms with Crippen molar-refractivity contribution in [3.05, 3.63) is 0 Å². The van der Waals surface area contributed by atoms with Gasteiger partial charge < -0.3 is 10.1 Å². The van der Waals surface area contributed by atoms with E-state index in [9.17, 15) is 0 Å². The first-order chi connectivity index (χ1) is 7.04. The van der Waals surface area contributed by atoms with Crippen molar-refractivity contribution in [2.24, 2.45) is 11.3 Å². The fraction of sp³-hybridized carbons (Fsp3) is 1.00. The summed E-state index contributed by atoms with van der Waals surface area (Å²) in [5.41, 5.74) is 0.687. The van der Waals surface area contributed by atoms with Crippen LogP contribution in [0.25, 0.3) is 0 Å².